The first-order chi connectivity index (χ1) is 14.0. The van der Waals surface area contributed by atoms with Crippen LogP contribution in [0.5, 0.6) is 0 Å². The van der Waals surface area contributed by atoms with Gasteiger partial charge in [-0.1, -0.05) is 18.2 Å². The number of nitrogens with two attached hydrogens (primary N) is 1. The van der Waals surface area contributed by atoms with Gasteiger partial charge in [-0.25, -0.2) is 9.37 Å². The second-order valence-electron chi connectivity index (χ2n) is 6.36. The minimum Gasteiger partial charge on any atom is -0.382 e. The lowest BCUT2D eigenvalue weighted by Gasteiger charge is -2.13. The normalized spacial score (nSPS) is 10.4. The molecule has 3 rings (SSSR count). The lowest BCUT2D eigenvalue weighted by atomic mass is 10.1. The van der Waals surface area contributed by atoms with E-state index in [1.54, 1.807) is 30.6 Å². The molecule has 0 atom stereocenters. The molecule has 0 radical (unpaired) electrons. The quantitative estimate of drug-likeness (QED) is 0.347. The molecule has 0 unspecified atom stereocenters. The first-order valence-electron chi connectivity index (χ1n) is 9.04. The van der Waals surface area contributed by atoms with Gasteiger partial charge in [-0.15, -0.1) is 0 Å². The molecule has 1 amide bonds. The molecule has 2 heterocycles. The van der Waals surface area contributed by atoms with Gasteiger partial charge >= 0.3 is 0 Å². The van der Waals surface area contributed by atoms with Crippen LogP contribution in [-0.2, 0) is 13.0 Å². The highest BCUT2D eigenvalue weighted by Crippen LogP contribution is 2.15. The van der Waals surface area contributed by atoms with E-state index in [4.69, 9.17) is 11.1 Å². The van der Waals surface area contributed by atoms with Crippen molar-refractivity contribution >= 4 is 17.6 Å². The highest BCUT2D eigenvalue weighted by Gasteiger charge is 2.14. The van der Waals surface area contributed by atoms with Gasteiger partial charge in [-0.3, -0.25) is 15.2 Å². The van der Waals surface area contributed by atoms with Crippen molar-refractivity contribution in [3.05, 3.63) is 89.1 Å². The maximum atomic E-state index is 13.3. The molecule has 3 aromatic rings. The first-order valence-corrected chi connectivity index (χ1v) is 9.04. The highest BCUT2D eigenvalue weighted by atomic mass is 19.1. The van der Waals surface area contributed by atoms with Crippen molar-refractivity contribution in [2.45, 2.75) is 13.0 Å². The van der Waals surface area contributed by atoms with E-state index in [9.17, 15) is 9.18 Å². The van der Waals surface area contributed by atoms with E-state index < -0.39 is 0 Å². The highest BCUT2D eigenvalue weighted by molar-refractivity contribution is 6.00. The number of nitrogen functional groups attached to an aromatic ring is 1. The summed E-state index contributed by atoms with van der Waals surface area (Å²) < 4.78 is 13.3. The summed E-state index contributed by atoms with van der Waals surface area (Å²) >= 11 is 0. The molecule has 0 saturated heterocycles. The van der Waals surface area contributed by atoms with Crippen LogP contribution in [0.15, 0.2) is 60.9 Å². The zero-order valence-electron chi connectivity index (χ0n) is 15.7. The fraction of sp³-hybridized carbons (Fsp3) is 0.143. The largest absolute Gasteiger partial charge is 0.382 e. The van der Waals surface area contributed by atoms with Gasteiger partial charge in [0.15, 0.2) is 0 Å². The number of carbonyl (C=O) groups excluding carboxylic acids is 1. The van der Waals surface area contributed by atoms with Crippen LogP contribution >= 0.6 is 0 Å². The summed E-state index contributed by atoms with van der Waals surface area (Å²) in [6.45, 7) is 0.755. The number of aromatic nitrogens is 2. The Morgan fingerprint density at radius 1 is 1.14 bits per heavy atom. The van der Waals surface area contributed by atoms with Gasteiger partial charge in [-0.2, -0.15) is 0 Å². The van der Waals surface area contributed by atoms with Crippen LogP contribution in [0, 0.1) is 11.2 Å². The number of anilines is 1. The third kappa shape index (κ3) is 5.58. The standard InChI is InChI=1S/C21H21FN6O/c22-16-5-1-3-14(11-16)8-10-26-20-17(6-7-18(28-20)19(23)24)21(29)27-13-15-4-2-9-25-12-15/h1-7,9,11-12H,8,10,13H2,(H3,23,24)(H,26,28)(H,27,29). The first kappa shape index (κ1) is 19.9. The Morgan fingerprint density at radius 2 is 1.97 bits per heavy atom. The van der Waals surface area contributed by atoms with Crippen LogP contribution in [0.25, 0.3) is 0 Å². The summed E-state index contributed by atoms with van der Waals surface area (Å²) in [7, 11) is 0. The van der Waals surface area contributed by atoms with E-state index in [0.29, 0.717) is 30.9 Å². The molecular formula is C21H21FN6O. The van der Waals surface area contributed by atoms with Gasteiger partial charge < -0.3 is 16.4 Å². The van der Waals surface area contributed by atoms with Crippen LogP contribution in [-0.4, -0.2) is 28.3 Å². The zero-order chi connectivity index (χ0) is 20.6. The zero-order valence-corrected chi connectivity index (χ0v) is 15.7. The number of pyridine rings is 2. The third-order valence-electron chi connectivity index (χ3n) is 4.19. The van der Waals surface area contributed by atoms with Gasteiger partial charge in [0.25, 0.3) is 5.91 Å². The second kappa shape index (κ2) is 9.41. The van der Waals surface area contributed by atoms with Crippen LogP contribution in [0.3, 0.4) is 0 Å². The number of amidine groups is 1. The molecule has 0 aliphatic heterocycles. The lowest BCUT2D eigenvalue weighted by Crippen LogP contribution is -2.25. The minimum absolute atomic E-state index is 0.194. The molecule has 29 heavy (non-hydrogen) atoms. The van der Waals surface area contributed by atoms with Gasteiger partial charge in [0.1, 0.15) is 23.2 Å². The Bertz CT molecular complexity index is 1010. The molecule has 0 aliphatic rings. The van der Waals surface area contributed by atoms with E-state index in [1.165, 1.54) is 18.2 Å². The van der Waals surface area contributed by atoms with Crippen LogP contribution < -0.4 is 16.4 Å². The number of halogens is 1. The number of carbonyl (C=O) groups is 1. The van der Waals surface area contributed by atoms with Crippen molar-refractivity contribution < 1.29 is 9.18 Å². The molecule has 7 nitrogen and oxygen atoms in total. The van der Waals surface area contributed by atoms with E-state index >= 15 is 0 Å². The number of nitrogens with zero attached hydrogens (tertiary/aromatic N) is 2. The average molecular weight is 392 g/mol. The number of hydrogen-bond donors (Lipinski definition) is 4. The number of rotatable bonds is 8. The van der Waals surface area contributed by atoms with Crippen molar-refractivity contribution in [1.29, 1.82) is 5.41 Å². The lowest BCUT2D eigenvalue weighted by molar-refractivity contribution is 0.0951. The molecule has 0 fully saturated rings. The van der Waals surface area contributed by atoms with Crippen molar-refractivity contribution in [1.82, 2.24) is 15.3 Å². The number of nitrogens with one attached hydrogen (secondary N) is 3. The van der Waals surface area contributed by atoms with Crippen molar-refractivity contribution in [3.8, 4) is 0 Å². The predicted molar refractivity (Wildman–Crippen MR) is 109 cm³/mol. The van der Waals surface area contributed by atoms with E-state index in [2.05, 4.69) is 20.6 Å². The third-order valence-corrected chi connectivity index (χ3v) is 4.19. The van der Waals surface area contributed by atoms with Crippen LogP contribution in [0.4, 0.5) is 10.2 Å². The van der Waals surface area contributed by atoms with Gasteiger partial charge in [-0.05, 0) is 47.9 Å². The Balaban J connectivity index is 1.71. The van der Waals surface area contributed by atoms with Gasteiger partial charge in [0.05, 0.1) is 5.56 Å². The number of benzene rings is 1. The van der Waals surface area contributed by atoms with Crippen molar-refractivity contribution in [2.24, 2.45) is 5.73 Å². The number of amides is 1. The van der Waals surface area contributed by atoms with Gasteiger partial charge in [0.2, 0.25) is 0 Å². The molecule has 148 valence electrons. The Labute approximate surface area is 167 Å². The number of hydrogen-bond acceptors (Lipinski definition) is 5. The van der Waals surface area contributed by atoms with Crippen molar-refractivity contribution in [2.75, 3.05) is 11.9 Å². The topological polar surface area (TPSA) is 117 Å². The van der Waals surface area contributed by atoms with Gasteiger partial charge in [0, 0.05) is 25.5 Å². The average Bonchev–Trinajstić information content (AvgIpc) is 2.72. The molecule has 1 aromatic carbocycles. The molecule has 5 N–H and O–H groups in total. The Hall–Kier alpha value is -3.81. The van der Waals surface area contributed by atoms with Crippen LogP contribution in [0.2, 0.25) is 0 Å². The summed E-state index contributed by atoms with van der Waals surface area (Å²) in [4.78, 5) is 21.0. The fourth-order valence-corrected chi connectivity index (χ4v) is 2.73. The Kier molecular flexibility index (Phi) is 6.47. The molecule has 0 aliphatic carbocycles. The van der Waals surface area contributed by atoms with Crippen molar-refractivity contribution in [3.63, 3.8) is 0 Å². The fourth-order valence-electron chi connectivity index (χ4n) is 2.73. The van der Waals surface area contributed by atoms with E-state index in [-0.39, 0.29) is 23.3 Å². The molecule has 0 saturated carbocycles. The Morgan fingerprint density at radius 3 is 2.69 bits per heavy atom. The minimum atomic E-state index is -0.315. The summed E-state index contributed by atoms with van der Waals surface area (Å²) in [5, 5.41) is 13.5. The smallest absolute Gasteiger partial charge is 0.255 e. The van der Waals surface area contributed by atoms with E-state index in [1.807, 2.05) is 12.1 Å². The molecule has 2 aromatic heterocycles. The summed E-state index contributed by atoms with van der Waals surface area (Å²) in [5.41, 5.74) is 7.81. The molecular weight excluding hydrogens is 371 g/mol. The monoisotopic (exact) mass is 392 g/mol. The summed E-state index contributed by atoms with van der Waals surface area (Å²) in [6.07, 6.45) is 3.88. The van der Waals surface area contributed by atoms with Crippen LogP contribution in [0.1, 0.15) is 27.2 Å². The second-order valence-corrected chi connectivity index (χ2v) is 6.36. The SMILES string of the molecule is N=C(N)c1ccc(C(=O)NCc2cccnc2)c(NCCc2cccc(F)c2)n1. The maximum Gasteiger partial charge on any atom is 0.255 e. The molecule has 8 heteroatoms. The molecule has 0 spiro atoms. The predicted octanol–water partition coefficient (Wildman–Crippen LogP) is 2.48. The van der Waals surface area contributed by atoms with E-state index in [0.717, 1.165) is 11.1 Å². The summed E-state index contributed by atoms with van der Waals surface area (Å²) in [5.74, 6) is -0.488. The summed E-state index contributed by atoms with van der Waals surface area (Å²) in [6, 6.07) is 13.1. The maximum absolute atomic E-state index is 13.3. The molecule has 0 bridgehead atoms.